The lowest BCUT2D eigenvalue weighted by atomic mass is 10.1. The fourth-order valence-corrected chi connectivity index (χ4v) is 1.95. The number of hydrogen-bond donors (Lipinski definition) is 2. The van der Waals surface area contributed by atoms with Crippen LogP contribution in [-0.2, 0) is 0 Å². The summed E-state index contributed by atoms with van der Waals surface area (Å²) < 4.78 is 0. The van der Waals surface area contributed by atoms with Crippen molar-refractivity contribution in [3.63, 3.8) is 0 Å². The van der Waals surface area contributed by atoms with E-state index in [0.717, 1.165) is 11.3 Å². The van der Waals surface area contributed by atoms with E-state index in [0.29, 0.717) is 0 Å². The minimum atomic E-state index is 0.118. The molecule has 1 aromatic rings. The second-order valence-corrected chi connectivity index (χ2v) is 4.41. The van der Waals surface area contributed by atoms with E-state index >= 15 is 0 Å². The summed E-state index contributed by atoms with van der Waals surface area (Å²) in [5.74, 6) is 0. The van der Waals surface area contributed by atoms with Crippen LogP contribution in [0, 0.1) is 6.92 Å². The van der Waals surface area contributed by atoms with Crippen LogP contribution in [0.5, 0.6) is 0 Å². The smallest absolute Gasteiger partial charge is 0.115 e. The number of hydrazine groups is 1. The van der Waals surface area contributed by atoms with Crippen LogP contribution in [0.25, 0.3) is 5.70 Å². The fraction of sp³-hybridized carbons (Fsp3) is 0.286. The first-order valence-corrected chi connectivity index (χ1v) is 5.77. The molecule has 3 nitrogen and oxygen atoms in total. The first kappa shape index (κ1) is 11.7. The zero-order chi connectivity index (χ0) is 12.4. The minimum Gasteiger partial charge on any atom is -0.365 e. The fourth-order valence-electron chi connectivity index (χ4n) is 1.95. The average Bonchev–Trinajstić information content (AvgIpc) is 2.58. The van der Waals surface area contributed by atoms with E-state index in [-0.39, 0.29) is 6.17 Å². The molecule has 0 saturated carbocycles. The summed E-state index contributed by atoms with van der Waals surface area (Å²) in [6.07, 6.45) is 2.26. The zero-order valence-corrected chi connectivity index (χ0v) is 10.6. The molecule has 0 saturated heterocycles. The van der Waals surface area contributed by atoms with Crippen LogP contribution < -0.4 is 10.7 Å². The summed E-state index contributed by atoms with van der Waals surface area (Å²) >= 11 is 0. The van der Waals surface area contributed by atoms with Gasteiger partial charge in [-0.15, -0.1) is 0 Å². The Hall–Kier alpha value is -1.74. The molecule has 0 aliphatic carbocycles. The highest BCUT2D eigenvalue weighted by Crippen LogP contribution is 2.16. The third-order valence-corrected chi connectivity index (χ3v) is 3.07. The quantitative estimate of drug-likeness (QED) is 0.832. The molecule has 1 aliphatic heterocycles. The van der Waals surface area contributed by atoms with Crippen molar-refractivity contribution in [2.45, 2.75) is 20.0 Å². The molecule has 1 atom stereocenters. The van der Waals surface area contributed by atoms with Gasteiger partial charge in [-0.05, 0) is 31.1 Å². The number of benzene rings is 1. The van der Waals surface area contributed by atoms with Crippen molar-refractivity contribution in [3.05, 3.63) is 53.7 Å². The van der Waals surface area contributed by atoms with Gasteiger partial charge in [0.1, 0.15) is 6.17 Å². The van der Waals surface area contributed by atoms with E-state index in [9.17, 15) is 0 Å². The van der Waals surface area contributed by atoms with E-state index in [2.05, 4.69) is 49.4 Å². The van der Waals surface area contributed by atoms with E-state index < -0.39 is 0 Å². The second kappa shape index (κ2) is 4.63. The molecule has 90 valence electrons. The standard InChI is InChI=1S/C14H19N3/c1-10-7-5-6-8-13(10)12(3)15-14-9-11(2)17(4)16-14/h5-9,14-16H,3H2,1-2,4H3. The third kappa shape index (κ3) is 2.50. The van der Waals surface area contributed by atoms with Crippen LogP contribution in [0.1, 0.15) is 18.1 Å². The number of nitrogens with one attached hydrogen (secondary N) is 2. The van der Waals surface area contributed by atoms with Gasteiger partial charge < -0.3 is 10.3 Å². The van der Waals surface area contributed by atoms with Crippen molar-refractivity contribution in [2.24, 2.45) is 0 Å². The Balaban J connectivity index is 2.06. The highest BCUT2D eigenvalue weighted by Gasteiger charge is 2.17. The van der Waals surface area contributed by atoms with Crippen molar-refractivity contribution in [3.8, 4) is 0 Å². The van der Waals surface area contributed by atoms with Gasteiger partial charge in [0, 0.05) is 18.4 Å². The third-order valence-electron chi connectivity index (χ3n) is 3.07. The van der Waals surface area contributed by atoms with E-state index in [1.807, 2.05) is 24.2 Å². The summed E-state index contributed by atoms with van der Waals surface area (Å²) in [7, 11) is 2.00. The maximum absolute atomic E-state index is 4.10. The second-order valence-electron chi connectivity index (χ2n) is 4.41. The molecule has 1 heterocycles. The van der Waals surface area contributed by atoms with Crippen molar-refractivity contribution in [2.75, 3.05) is 7.05 Å². The molecular weight excluding hydrogens is 210 g/mol. The average molecular weight is 229 g/mol. The Morgan fingerprint density at radius 2 is 2.06 bits per heavy atom. The van der Waals surface area contributed by atoms with Crippen molar-refractivity contribution in [1.82, 2.24) is 15.8 Å². The van der Waals surface area contributed by atoms with Gasteiger partial charge in [-0.1, -0.05) is 30.8 Å². The molecule has 0 fully saturated rings. The largest absolute Gasteiger partial charge is 0.365 e. The Labute approximate surface area is 103 Å². The lowest BCUT2D eigenvalue weighted by Crippen LogP contribution is -2.41. The minimum absolute atomic E-state index is 0.118. The van der Waals surface area contributed by atoms with Crippen LogP contribution in [0.15, 0.2) is 42.6 Å². The molecule has 0 bridgehead atoms. The molecule has 0 amide bonds. The van der Waals surface area contributed by atoms with Crippen LogP contribution in [0.4, 0.5) is 0 Å². The van der Waals surface area contributed by atoms with Crippen LogP contribution in [0.3, 0.4) is 0 Å². The molecule has 3 heteroatoms. The molecule has 1 unspecified atom stereocenters. The van der Waals surface area contributed by atoms with Crippen LogP contribution in [-0.4, -0.2) is 18.2 Å². The van der Waals surface area contributed by atoms with Gasteiger partial charge in [0.25, 0.3) is 0 Å². The number of aryl methyl sites for hydroxylation is 1. The normalized spacial score (nSPS) is 19.1. The van der Waals surface area contributed by atoms with Gasteiger partial charge in [0.2, 0.25) is 0 Å². The molecule has 0 aromatic heterocycles. The summed E-state index contributed by atoms with van der Waals surface area (Å²) in [6, 6.07) is 8.25. The first-order chi connectivity index (χ1) is 8.08. The zero-order valence-electron chi connectivity index (χ0n) is 10.6. The molecule has 1 aliphatic rings. The lowest BCUT2D eigenvalue weighted by Gasteiger charge is -2.20. The maximum atomic E-state index is 4.10. The SMILES string of the molecule is C=C(NC1C=C(C)N(C)N1)c1ccccc1C. The Bertz CT molecular complexity index is 462. The Kier molecular flexibility index (Phi) is 3.20. The molecule has 2 N–H and O–H groups in total. The maximum Gasteiger partial charge on any atom is 0.115 e. The lowest BCUT2D eigenvalue weighted by molar-refractivity contribution is 0.300. The highest BCUT2D eigenvalue weighted by atomic mass is 15.6. The van der Waals surface area contributed by atoms with Gasteiger partial charge in [-0.2, -0.15) is 0 Å². The molecule has 0 radical (unpaired) electrons. The predicted octanol–water partition coefficient (Wildman–Crippen LogP) is 2.24. The predicted molar refractivity (Wildman–Crippen MR) is 71.8 cm³/mol. The van der Waals surface area contributed by atoms with E-state index in [4.69, 9.17) is 0 Å². The molecule has 2 rings (SSSR count). The summed E-state index contributed by atoms with van der Waals surface area (Å²) in [4.78, 5) is 0. The van der Waals surface area contributed by atoms with Gasteiger partial charge in [-0.25, -0.2) is 5.43 Å². The summed E-state index contributed by atoms with van der Waals surface area (Å²) in [6.45, 7) is 8.27. The van der Waals surface area contributed by atoms with E-state index in [1.165, 1.54) is 11.3 Å². The first-order valence-electron chi connectivity index (χ1n) is 5.77. The number of allylic oxidation sites excluding steroid dienone is 1. The summed E-state index contributed by atoms with van der Waals surface area (Å²) in [5, 5.41) is 5.38. The molecule has 1 aromatic carbocycles. The van der Waals surface area contributed by atoms with Crippen molar-refractivity contribution >= 4 is 5.70 Å². The number of hydrogen-bond acceptors (Lipinski definition) is 3. The Morgan fingerprint density at radius 3 is 2.65 bits per heavy atom. The van der Waals surface area contributed by atoms with Gasteiger partial charge in [0.15, 0.2) is 0 Å². The van der Waals surface area contributed by atoms with Crippen molar-refractivity contribution in [1.29, 1.82) is 0 Å². The van der Waals surface area contributed by atoms with E-state index in [1.54, 1.807) is 0 Å². The van der Waals surface area contributed by atoms with Crippen LogP contribution in [0.2, 0.25) is 0 Å². The summed E-state index contributed by atoms with van der Waals surface area (Å²) in [5.41, 5.74) is 7.84. The van der Waals surface area contributed by atoms with Gasteiger partial charge in [0.05, 0.1) is 0 Å². The molecular formula is C14H19N3. The monoisotopic (exact) mass is 229 g/mol. The topological polar surface area (TPSA) is 27.3 Å². The van der Waals surface area contributed by atoms with Gasteiger partial charge in [-0.3, -0.25) is 0 Å². The molecule has 17 heavy (non-hydrogen) atoms. The van der Waals surface area contributed by atoms with Crippen LogP contribution >= 0.6 is 0 Å². The highest BCUT2D eigenvalue weighted by molar-refractivity contribution is 5.64. The van der Waals surface area contributed by atoms with Gasteiger partial charge >= 0.3 is 0 Å². The Morgan fingerprint density at radius 1 is 1.35 bits per heavy atom. The van der Waals surface area contributed by atoms with Crippen molar-refractivity contribution < 1.29 is 0 Å². The molecule has 0 spiro atoms. The number of nitrogens with zero attached hydrogens (tertiary/aromatic N) is 1. The number of rotatable bonds is 3.